The van der Waals surface area contributed by atoms with E-state index < -0.39 is 17.7 Å². The van der Waals surface area contributed by atoms with Crippen molar-refractivity contribution in [3.05, 3.63) is 46.6 Å². The first-order valence-electron chi connectivity index (χ1n) is 8.05. The molecule has 1 aliphatic carbocycles. The summed E-state index contributed by atoms with van der Waals surface area (Å²) in [7, 11) is 0. The van der Waals surface area contributed by atoms with E-state index >= 15 is 0 Å². The second-order valence-corrected chi connectivity index (χ2v) is 6.56. The Morgan fingerprint density at radius 1 is 1.36 bits per heavy atom. The Bertz CT molecular complexity index is 785. The summed E-state index contributed by atoms with van der Waals surface area (Å²) in [5.41, 5.74) is 1.37. The second kappa shape index (κ2) is 7.65. The molecule has 1 aromatic heterocycles. The Kier molecular flexibility index (Phi) is 5.33. The molecule has 132 valence electrons. The molecule has 0 unspecified atom stereocenters. The van der Waals surface area contributed by atoms with Crippen LogP contribution in [0.25, 0.3) is 0 Å². The highest BCUT2D eigenvalue weighted by Gasteiger charge is 2.32. The maximum absolute atomic E-state index is 13.1. The number of nitrogens with one attached hydrogen (secondary N) is 1. The summed E-state index contributed by atoms with van der Waals surface area (Å²) in [6.07, 6.45) is 2.08. The van der Waals surface area contributed by atoms with Gasteiger partial charge in [0, 0.05) is 6.07 Å². The van der Waals surface area contributed by atoms with Crippen LogP contribution >= 0.6 is 11.3 Å². The second-order valence-electron chi connectivity index (χ2n) is 5.68. The molecular formula is C18H18FNO4S. The van der Waals surface area contributed by atoms with E-state index in [0.29, 0.717) is 16.5 Å². The fraction of sp³-hybridized carbons (Fsp3) is 0.333. The summed E-state index contributed by atoms with van der Waals surface area (Å²) in [5.74, 6) is -0.642. The van der Waals surface area contributed by atoms with Gasteiger partial charge in [-0.25, -0.2) is 9.18 Å². The van der Waals surface area contributed by atoms with E-state index in [9.17, 15) is 14.0 Å². The van der Waals surface area contributed by atoms with Crippen molar-refractivity contribution < 1.29 is 23.5 Å². The normalized spacial score (nSPS) is 13.4. The van der Waals surface area contributed by atoms with Gasteiger partial charge >= 0.3 is 5.97 Å². The predicted molar refractivity (Wildman–Crippen MR) is 92.8 cm³/mol. The van der Waals surface area contributed by atoms with Crippen LogP contribution < -0.4 is 10.1 Å². The lowest BCUT2D eigenvalue weighted by atomic mass is 10.1. The molecular weight excluding hydrogens is 345 g/mol. The van der Waals surface area contributed by atoms with Crippen LogP contribution in [0.3, 0.4) is 0 Å². The highest BCUT2D eigenvalue weighted by atomic mass is 32.1. The van der Waals surface area contributed by atoms with Crippen molar-refractivity contribution in [1.82, 2.24) is 0 Å². The van der Waals surface area contributed by atoms with Crippen LogP contribution in [0.4, 0.5) is 9.39 Å². The molecule has 2 aromatic rings. The third-order valence-corrected chi connectivity index (χ3v) is 4.65. The number of thiophene rings is 1. The number of carbonyl (C=O) groups is 2. The monoisotopic (exact) mass is 363 g/mol. The van der Waals surface area contributed by atoms with E-state index in [1.807, 2.05) is 5.38 Å². The first kappa shape index (κ1) is 17.4. The fourth-order valence-electron chi connectivity index (χ4n) is 2.44. The topological polar surface area (TPSA) is 64.6 Å². The molecule has 1 aliphatic rings. The number of ether oxygens (including phenoxy) is 2. The number of anilines is 1. The lowest BCUT2D eigenvalue weighted by molar-refractivity contribution is -0.118. The van der Waals surface area contributed by atoms with Gasteiger partial charge in [0.25, 0.3) is 5.91 Å². The van der Waals surface area contributed by atoms with E-state index in [-0.39, 0.29) is 19.0 Å². The minimum Gasteiger partial charge on any atom is -0.484 e. The third kappa shape index (κ3) is 4.36. The maximum Gasteiger partial charge on any atom is 0.341 e. The minimum absolute atomic E-state index is 0.269. The molecule has 1 amide bonds. The van der Waals surface area contributed by atoms with Crippen LogP contribution in [0.5, 0.6) is 5.75 Å². The summed E-state index contributed by atoms with van der Waals surface area (Å²) in [6, 6.07) is 5.57. The Hall–Kier alpha value is -2.41. The van der Waals surface area contributed by atoms with Crippen molar-refractivity contribution in [2.24, 2.45) is 0 Å². The number of carbonyl (C=O) groups excluding carboxylic acids is 2. The Balaban J connectivity index is 1.67. The molecule has 5 nitrogen and oxygen atoms in total. The van der Waals surface area contributed by atoms with Crippen molar-refractivity contribution in [2.75, 3.05) is 18.5 Å². The Labute approximate surface area is 148 Å². The average Bonchev–Trinajstić information content (AvgIpc) is 3.34. The van der Waals surface area contributed by atoms with Gasteiger partial charge in [0.2, 0.25) is 0 Å². The predicted octanol–water partition coefficient (Wildman–Crippen LogP) is 3.96. The molecule has 0 atom stereocenters. The molecule has 0 bridgehead atoms. The van der Waals surface area contributed by atoms with E-state index in [1.54, 1.807) is 13.0 Å². The smallest absolute Gasteiger partial charge is 0.341 e. The quantitative estimate of drug-likeness (QED) is 0.757. The number of hydrogen-bond acceptors (Lipinski definition) is 5. The van der Waals surface area contributed by atoms with Gasteiger partial charge in [0.15, 0.2) is 6.61 Å². The molecule has 0 aliphatic heterocycles. The molecule has 0 radical (unpaired) electrons. The summed E-state index contributed by atoms with van der Waals surface area (Å²) in [4.78, 5) is 24.4. The van der Waals surface area contributed by atoms with Crippen LogP contribution in [-0.2, 0) is 9.53 Å². The summed E-state index contributed by atoms with van der Waals surface area (Å²) < 4.78 is 23.5. The molecule has 0 saturated heterocycles. The molecule has 7 heteroatoms. The standard InChI is InChI=1S/C18H18FNO4S/c1-2-23-18(22)16-14(11-6-7-11)10-25-17(16)20-15(21)9-24-13-5-3-4-12(19)8-13/h3-5,8,10-11H,2,6-7,9H2,1H3,(H,20,21). The van der Waals surface area contributed by atoms with Gasteiger partial charge in [-0.2, -0.15) is 0 Å². The average molecular weight is 363 g/mol. The van der Waals surface area contributed by atoms with Crippen molar-refractivity contribution in [3.8, 4) is 5.75 Å². The largest absolute Gasteiger partial charge is 0.484 e. The van der Waals surface area contributed by atoms with Gasteiger partial charge in [-0.3, -0.25) is 4.79 Å². The van der Waals surface area contributed by atoms with Crippen LogP contribution in [0.15, 0.2) is 29.6 Å². The highest BCUT2D eigenvalue weighted by molar-refractivity contribution is 7.15. The number of esters is 1. The molecule has 1 N–H and O–H groups in total. The van der Waals surface area contributed by atoms with Gasteiger partial charge in [0.05, 0.1) is 12.2 Å². The highest BCUT2D eigenvalue weighted by Crippen LogP contribution is 2.46. The van der Waals surface area contributed by atoms with Crippen molar-refractivity contribution in [3.63, 3.8) is 0 Å². The zero-order chi connectivity index (χ0) is 17.8. The van der Waals surface area contributed by atoms with Crippen LogP contribution in [0.1, 0.15) is 41.6 Å². The molecule has 1 fully saturated rings. The van der Waals surface area contributed by atoms with Gasteiger partial charge < -0.3 is 14.8 Å². The van der Waals surface area contributed by atoms with E-state index in [4.69, 9.17) is 9.47 Å². The summed E-state index contributed by atoms with van der Waals surface area (Å²) >= 11 is 1.30. The Morgan fingerprint density at radius 3 is 2.84 bits per heavy atom. The molecule has 25 heavy (non-hydrogen) atoms. The number of benzene rings is 1. The van der Waals surface area contributed by atoms with E-state index in [2.05, 4.69) is 5.32 Å². The fourth-order valence-corrected chi connectivity index (χ4v) is 3.49. The lowest BCUT2D eigenvalue weighted by Gasteiger charge is -2.09. The number of rotatable bonds is 7. The van der Waals surface area contributed by atoms with Gasteiger partial charge in [-0.1, -0.05) is 6.07 Å². The molecule has 0 spiro atoms. The molecule has 3 rings (SSSR count). The molecule has 1 saturated carbocycles. The first-order chi connectivity index (χ1) is 12.1. The molecule has 1 heterocycles. The van der Waals surface area contributed by atoms with Gasteiger partial charge in [0.1, 0.15) is 16.6 Å². The molecule has 1 aromatic carbocycles. The van der Waals surface area contributed by atoms with Crippen molar-refractivity contribution >= 4 is 28.2 Å². The van der Waals surface area contributed by atoms with E-state index in [0.717, 1.165) is 18.4 Å². The third-order valence-electron chi connectivity index (χ3n) is 3.74. The zero-order valence-corrected chi connectivity index (χ0v) is 14.5. The van der Waals surface area contributed by atoms with Crippen LogP contribution in [0.2, 0.25) is 0 Å². The summed E-state index contributed by atoms with van der Waals surface area (Å²) in [5, 5.41) is 5.06. The number of hydrogen-bond donors (Lipinski definition) is 1. The zero-order valence-electron chi connectivity index (χ0n) is 13.7. The SMILES string of the molecule is CCOC(=O)c1c(C2CC2)csc1NC(=O)COc1cccc(F)c1. The van der Waals surface area contributed by atoms with Gasteiger partial charge in [-0.05, 0) is 48.8 Å². The first-order valence-corrected chi connectivity index (χ1v) is 8.93. The summed E-state index contributed by atoms with van der Waals surface area (Å²) in [6.45, 7) is 1.74. The lowest BCUT2D eigenvalue weighted by Crippen LogP contribution is -2.21. The van der Waals surface area contributed by atoms with E-state index in [1.165, 1.54) is 29.5 Å². The van der Waals surface area contributed by atoms with Crippen molar-refractivity contribution in [1.29, 1.82) is 0 Å². The van der Waals surface area contributed by atoms with Crippen LogP contribution in [0, 0.1) is 5.82 Å². The maximum atomic E-state index is 13.1. The van der Waals surface area contributed by atoms with Crippen LogP contribution in [-0.4, -0.2) is 25.1 Å². The van der Waals surface area contributed by atoms with Gasteiger partial charge in [-0.15, -0.1) is 11.3 Å². The number of amides is 1. The Morgan fingerprint density at radius 2 is 2.16 bits per heavy atom. The number of halogens is 1. The van der Waals surface area contributed by atoms with Crippen molar-refractivity contribution in [2.45, 2.75) is 25.7 Å². The minimum atomic E-state index is -0.435.